The van der Waals surface area contributed by atoms with Gasteiger partial charge in [0.15, 0.2) is 0 Å². The lowest BCUT2D eigenvalue weighted by Crippen LogP contribution is -2.43. The van der Waals surface area contributed by atoms with Crippen LogP contribution in [0.5, 0.6) is 10.9 Å². The first kappa shape index (κ1) is 18.8. The van der Waals surface area contributed by atoms with Crippen molar-refractivity contribution in [2.24, 2.45) is 0 Å². The number of carbonyl (C=O) groups excluding carboxylic acids is 1. The van der Waals surface area contributed by atoms with E-state index >= 15 is 0 Å². The molecule has 2 amide bonds. The van der Waals surface area contributed by atoms with Crippen LogP contribution in [0.4, 0.5) is 10.5 Å². The summed E-state index contributed by atoms with van der Waals surface area (Å²) in [4.78, 5) is 18.8. The molecular formula is C20H20ClN3O3S. The fourth-order valence-electron chi connectivity index (χ4n) is 3.14. The molecular weight excluding hydrogens is 398 g/mol. The molecule has 0 unspecified atom stereocenters. The van der Waals surface area contributed by atoms with Gasteiger partial charge in [0.05, 0.1) is 28.0 Å². The quantitative estimate of drug-likeness (QED) is 0.646. The average Bonchev–Trinajstić information content (AvgIpc) is 3.11. The van der Waals surface area contributed by atoms with E-state index in [0.717, 1.165) is 28.8 Å². The molecule has 6 nitrogen and oxygen atoms in total. The summed E-state index contributed by atoms with van der Waals surface area (Å²) in [5.74, 6) is 0.780. The third-order valence-corrected chi connectivity index (χ3v) is 5.94. The van der Waals surface area contributed by atoms with E-state index in [4.69, 9.17) is 21.1 Å². The zero-order valence-electron chi connectivity index (χ0n) is 15.4. The van der Waals surface area contributed by atoms with E-state index in [1.165, 1.54) is 11.3 Å². The van der Waals surface area contributed by atoms with Crippen LogP contribution >= 0.6 is 22.9 Å². The normalized spacial score (nSPS) is 14.9. The maximum absolute atomic E-state index is 12.5. The van der Waals surface area contributed by atoms with Crippen LogP contribution < -0.4 is 14.8 Å². The van der Waals surface area contributed by atoms with Crippen molar-refractivity contribution in [1.82, 2.24) is 9.88 Å². The largest absolute Gasteiger partial charge is 0.497 e. The zero-order chi connectivity index (χ0) is 19.5. The topological polar surface area (TPSA) is 63.7 Å². The Hall–Kier alpha value is -2.51. The summed E-state index contributed by atoms with van der Waals surface area (Å²) in [7, 11) is 1.64. The van der Waals surface area contributed by atoms with Gasteiger partial charge in [0.2, 0.25) is 0 Å². The average molecular weight is 418 g/mol. The third-order valence-electron chi connectivity index (χ3n) is 4.69. The monoisotopic (exact) mass is 417 g/mol. The van der Waals surface area contributed by atoms with Crippen molar-refractivity contribution in [1.29, 1.82) is 0 Å². The molecule has 8 heteroatoms. The Morgan fingerprint density at radius 2 is 2.04 bits per heavy atom. The zero-order valence-corrected chi connectivity index (χ0v) is 16.9. The van der Waals surface area contributed by atoms with Crippen molar-refractivity contribution >= 4 is 44.9 Å². The van der Waals surface area contributed by atoms with Gasteiger partial charge < -0.3 is 19.7 Å². The summed E-state index contributed by atoms with van der Waals surface area (Å²) in [5.41, 5.74) is 1.49. The van der Waals surface area contributed by atoms with Crippen molar-refractivity contribution in [3.05, 3.63) is 47.5 Å². The molecule has 28 heavy (non-hydrogen) atoms. The van der Waals surface area contributed by atoms with Crippen LogP contribution in [-0.2, 0) is 0 Å². The van der Waals surface area contributed by atoms with Crippen molar-refractivity contribution < 1.29 is 14.3 Å². The van der Waals surface area contributed by atoms with E-state index in [0.29, 0.717) is 29.0 Å². The number of nitrogens with one attached hydrogen (secondary N) is 1. The summed E-state index contributed by atoms with van der Waals surface area (Å²) in [5, 5.41) is 4.05. The van der Waals surface area contributed by atoms with E-state index in [-0.39, 0.29) is 12.1 Å². The minimum atomic E-state index is -0.140. The number of piperidine rings is 1. The number of rotatable bonds is 4. The first-order valence-corrected chi connectivity index (χ1v) is 10.2. The third kappa shape index (κ3) is 4.15. The molecule has 1 aliphatic rings. The minimum Gasteiger partial charge on any atom is -0.497 e. The molecule has 0 radical (unpaired) electrons. The number of methoxy groups -OCH3 is 1. The number of anilines is 1. The number of nitrogens with zero attached hydrogens (tertiary/aromatic N) is 2. The number of benzene rings is 2. The summed E-state index contributed by atoms with van der Waals surface area (Å²) < 4.78 is 12.4. The van der Waals surface area contributed by atoms with Crippen molar-refractivity contribution in [3.63, 3.8) is 0 Å². The van der Waals surface area contributed by atoms with Gasteiger partial charge in [0, 0.05) is 32.0 Å². The highest BCUT2D eigenvalue weighted by atomic mass is 35.5. The lowest BCUT2D eigenvalue weighted by molar-refractivity contribution is 0.115. The molecule has 2 heterocycles. The molecule has 2 aromatic carbocycles. The summed E-state index contributed by atoms with van der Waals surface area (Å²) in [6, 6.07) is 12.9. The number of thiazole rings is 1. The lowest BCUT2D eigenvalue weighted by atomic mass is 10.1. The predicted molar refractivity (Wildman–Crippen MR) is 112 cm³/mol. The number of fused-ring (bicyclic) bond motifs is 1. The molecule has 146 valence electrons. The SMILES string of the molecule is COc1ccc2sc(OC3CCN(C(=O)Nc4ccccc4Cl)CC3)nc2c1. The second kappa shape index (κ2) is 8.24. The summed E-state index contributed by atoms with van der Waals surface area (Å²) >= 11 is 7.63. The molecule has 1 fully saturated rings. The van der Waals surface area contributed by atoms with Gasteiger partial charge in [-0.05, 0) is 24.3 Å². The first-order chi connectivity index (χ1) is 13.6. The number of halogens is 1. The Bertz CT molecular complexity index is 986. The van der Waals surface area contributed by atoms with Crippen LogP contribution in [0.15, 0.2) is 42.5 Å². The van der Waals surface area contributed by atoms with Crippen LogP contribution in [0, 0.1) is 0 Å². The highest BCUT2D eigenvalue weighted by Crippen LogP contribution is 2.32. The van der Waals surface area contributed by atoms with Crippen molar-refractivity contribution in [3.8, 4) is 10.9 Å². The van der Waals surface area contributed by atoms with Gasteiger partial charge >= 0.3 is 6.03 Å². The Kier molecular flexibility index (Phi) is 5.54. The van der Waals surface area contributed by atoms with Gasteiger partial charge in [0.1, 0.15) is 11.9 Å². The highest BCUT2D eigenvalue weighted by molar-refractivity contribution is 7.20. The number of ether oxygens (including phenoxy) is 2. The molecule has 1 aliphatic heterocycles. The molecule has 4 rings (SSSR count). The molecule has 0 atom stereocenters. The molecule has 0 saturated carbocycles. The fraction of sp³-hybridized carbons (Fsp3) is 0.300. The smallest absolute Gasteiger partial charge is 0.321 e. The van der Waals surface area contributed by atoms with Crippen LogP contribution in [0.2, 0.25) is 5.02 Å². The number of hydrogen-bond donors (Lipinski definition) is 1. The maximum atomic E-state index is 12.5. The number of amides is 2. The van der Waals surface area contributed by atoms with Gasteiger partial charge in [-0.25, -0.2) is 9.78 Å². The van der Waals surface area contributed by atoms with Crippen LogP contribution in [0.3, 0.4) is 0 Å². The number of hydrogen-bond acceptors (Lipinski definition) is 5. The number of carbonyl (C=O) groups is 1. The maximum Gasteiger partial charge on any atom is 0.321 e. The van der Waals surface area contributed by atoms with E-state index in [9.17, 15) is 4.79 Å². The van der Waals surface area contributed by atoms with Crippen LogP contribution in [0.25, 0.3) is 10.2 Å². The molecule has 0 bridgehead atoms. The minimum absolute atomic E-state index is 0.0480. The van der Waals surface area contributed by atoms with Gasteiger partial charge in [-0.2, -0.15) is 0 Å². The lowest BCUT2D eigenvalue weighted by Gasteiger charge is -2.31. The van der Waals surface area contributed by atoms with Crippen molar-refractivity contribution in [2.75, 3.05) is 25.5 Å². The van der Waals surface area contributed by atoms with Crippen LogP contribution in [0.1, 0.15) is 12.8 Å². The molecule has 1 aromatic heterocycles. The van der Waals surface area contributed by atoms with Crippen molar-refractivity contribution in [2.45, 2.75) is 18.9 Å². The molecule has 3 aromatic rings. The molecule has 1 saturated heterocycles. The first-order valence-electron chi connectivity index (χ1n) is 9.04. The van der Waals surface area contributed by atoms with E-state index in [2.05, 4.69) is 10.3 Å². The number of urea groups is 1. The summed E-state index contributed by atoms with van der Waals surface area (Å²) in [6.45, 7) is 1.25. The standard InChI is InChI=1S/C20H20ClN3O3S/c1-26-14-6-7-18-17(12-14)23-20(28-18)27-13-8-10-24(11-9-13)19(25)22-16-5-3-2-4-15(16)21/h2-7,12-13H,8-11H2,1H3,(H,22,25). The second-order valence-corrected chi connectivity index (χ2v) is 7.93. The fourth-order valence-corrected chi connectivity index (χ4v) is 4.18. The van der Waals surface area contributed by atoms with Crippen LogP contribution in [-0.4, -0.2) is 42.2 Å². The van der Waals surface area contributed by atoms with E-state index in [1.54, 1.807) is 24.1 Å². The van der Waals surface area contributed by atoms with Gasteiger partial charge in [-0.1, -0.05) is 35.1 Å². The molecule has 0 aliphatic carbocycles. The molecule has 0 spiro atoms. The summed E-state index contributed by atoms with van der Waals surface area (Å²) in [6.07, 6.45) is 1.57. The van der Waals surface area contributed by atoms with Gasteiger partial charge in [-0.3, -0.25) is 0 Å². The number of aromatic nitrogens is 1. The number of para-hydroxylation sites is 1. The highest BCUT2D eigenvalue weighted by Gasteiger charge is 2.25. The second-order valence-electron chi connectivity index (χ2n) is 6.53. The Morgan fingerprint density at radius 1 is 1.25 bits per heavy atom. The Morgan fingerprint density at radius 3 is 2.79 bits per heavy atom. The van der Waals surface area contributed by atoms with E-state index < -0.39 is 0 Å². The molecule has 1 N–H and O–H groups in total. The van der Waals surface area contributed by atoms with Gasteiger partial charge in [0.25, 0.3) is 5.19 Å². The Labute approximate surface area is 172 Å². The van der Waals surface area contributed by atoms with Gasteiger partial charge in [-0.15, -0.1) is 0 Å². The predicted octanol–water partition coefficient (Wildman–Crippen LogP) is 5.03. The Balaban J connectivity index is 1.33. The van der Waals surface area contributed by atoms with E-state index in [1.807, 2.05) is 30.3 Å². The number of likely N-dealkylation sites (tertiary alicyclic amines) is 1.